The van der Waals surface area contributed by atoms with Gasteiger partial charge in [0.25, 0.3) is 11.6 Å². The normalized spacial score (nSPS) is 10.4. The first-order chi connectivity index (χ1) is 6.70. The quantitative estimate of drug-likeness (QED) is 0.542. The second-order valence-corrected chi connectivity index (χ2v) is 2.75. The molecule has 5 heteroatoms. The minimum absolute atomic E-state index is 0.0425. The number of nitro benzene ring substituents is 1. The summed E-state index contributed by atoms with van der Waals surface area (Å²) in [6.45, 7) is 0. The summed E-state index contributed by atoms with van der Waals surface area (Å²) in [6.07, 6.45) is 0. The van der Waals surface area contributed by atoms with Crippen LogP contribution in [0.2, 0.25) is 0 Å². The SMILES string of the molecule is COc1cc2cc([N+](=O)[O-])ccc2o1. The van der Waals surface area contributed by atoms with E-state index in [1.165, 1.54) is 19.2 Å². The van der Waals surface area contributed by atoms with Gasteiger partial charge in [-0.25, -0.2) is 0 Å². The number of nitrogens with zero attached hydrogens (tertiary/aromatic N) is 1. The highest BCUT2D eigenvalue weighted by Gasteiger charge is 2.09. The number of nitro groups is 1. The van der Waals surface area contributed by atoms with Gasteiger partial charge in [0.05, 0.1) is 12.0 Å². The van der Waals surface area contributed by atoms with Crippen LogP contribution in [-0.4, -0.2) is 12.0 Å². The van der Waals surface area contributed by atoms with Crippen LogP contribution in [0, 0.1) is 10.1 Å². The molecule has 0 spiro atoms. The predicted molar refractivity (Wildman–Crippen MR) is 49.4 cm³/mol. The van der Waals surface area contributed by atoms with E-state index in [4.69, 9.17) is 9.15 Å². The van der Waals surface area contributed by atoms with Gasteiger partial charge in [0.1, 0.15) is 5.58 Å². The maximum atomic E-state index is 10.5. The smallest absolute Gasteiger partial charge is 0.285 e. The maximum absolute atomic E-state index is 10.5. The van der Waals surface area contributed by atoms with Crippen molar-refractivity contribution in [3.8, 4) is 5.95 Å². The molecule has 0 radical (unpaired) electrons. The second kappa shape index (κ2) is 3.02. The average Bonchev–Trinajstić information content (AvgIpc) is 2.58. The summed E-state index contributed by atoms with van der Waals surface area (Å²) in [5, 5.41) is 11.1. The fraction of sp³-hybridized carbons (Fsp3) is 0.111. The van der Waals surface area contributed by atoms with Crippen molar-refractivity contribution in [2.75, 3.05) is 7.11 Å². The number of furan rings is 1. The summed E-state index contributed by atoms with van der Waals surface area (Å²) < 4.78 is 10.1. The van der Waals surface area contributed by atoms with Crippen molar-refractivity contribution in [3.05, 3.63) is 34.4 Å². The molecule has 0 aliphatic heterocycles. The number of non-ortho nitro benzene ring substituents is 1. The van der Waals surface area contributed by atoms with Crippen LogP contribution < -0.4 is 4.74 Å². The molecule has 0 atom stereocenters. The molecule has 0 saturated heterocycles. The van der Waals surface area contributed by atoms with E-state index in [-0.39, 0.29) is 5.69 Å². The lowest BCUT2D eigenvalue weighted by Gasteiger charge is -1.89. The Morgan fingerprint density at radius 1 is 1.43 bits per heavy atom. The third kappa shape index (κ3) is 1.28. The number of benzene rings is 1. The summed E-state index contributed by atoms with van der Waals surface area (Å²) in [6, 6.07) is 6.00. The molecule has 0 aliphatic carbocycles. The molecule has 1 heterocycles. The zero-order chi connectivity index (χ0) is 10.1. The van der Waals surface area contributed by atoms with Gasteiger partial charge in [0.2, 0.25) is 0 Å². The number of fused-ring (bicyclic) bond motifs is 1. The fourth-order valence-electron chi connectivity index (χ4n) is 1.22. The number of ether oxygens (including phenoxy) is 1. The largest absolute Gasteiger partial charge is 0.468 e. The van der Waals surface area contributed by atoms with E-state index in [1.807, 2.05) is 0 Å². The van der Waals surface area contributed by atoms with Crippen LogP contribution in [0.5, 0.6) is 5.95 Å². The Morgan fingerprint density at radius 3 is 2.86 bits per heavy atom. The van der Waals surface area contributed by atoms with Crippen LogP contribution >= 0.6 is 0 Å². The van der Waals surface area contributed by atoms with E-state index >= 15 is 0 Å². The van der Waals surface area contributed by atoms with E-state index in [0.717, 1.165) is 0 Å². The molecule has 0 fully saturated rings. The van der Waals surface area contributed by atoms with Gasteiger partial charge in [-0.3, -0.25) is 10.1 Å². The number of rotatable bonds is 2. The Kier molecular flexibility index (Phi) is 1.85. The lowest BCUT2D eigenvalue weighted by molar-refractivity contribution is -0.384. The van der Waals surface area contributed by atoms with Crippen LogP contribution in [0.15, 0.2) is 28.7 Å². The summed E-state index contributed by atoms with van der Waals surface area (Å²) in [4.78, 5) is 10.0. The number of methoxy groups -OCH3 is 1. The average molecular weight is 193 g/mol. The summed E-state index contributed by atoms with van der Waals surface area (Å²) in [7, 11) is 1.48. The standard InChI is InChI=1S/C9H7NO4/c1-13-9-5-6-4-7(10(11)12)2-3-8(6)14-9/h2-5H,1H3. The third-order valence-electron chi connectivity index (χ3n) is 1.89. The Hall–Kier alpha value is -2.04. The number of hydrogen-bond donors (Lipinski definition) is 0. The van der Waals surface area contributed by atoms with Crippen molar-refractivity contribution in [2.45, 2.75) is 0 Å². The molecule has 0 amide bonds. The number of hydrogen-bond acceptors (Lipinski definition) is 4. The van der Waals surface area contributed by atoms with Crippen LogP contribution in [0.1, 0.15) is 0 Å². The molecule has 0 unspecified atom stereocenters. The van der Waals surface area contributed by atoms with Gasteiger partial charge in [0.15, 0.2) is 0 Å². The Bertz CT molecular complexity index is 489. The van der Waals surface area contributed by atoms with Crippen molar-refractivity contribution >= 4 is 16.7 Å². The lowest BCUT2D eigenvalue weighted by Crippen LogP contribution is -1.85. The van der Waals surface area contributed by atoms with Crippen molar-refractivity contribution in [1.82, 2.24) is 0 Å². The zero-order valence-corrected chi connectivity index (χ0v) is 7.39. The van der Waals surface area contributed by atoms with Crippen molar-refractivity contribution in [1.29, 1.82) is 0 Å². The van der Waals surface area contributed by atoms with Gasteiger partial charge in [-0.15, -0.1) is 0 Å². The van der Waals surface area contributed by atoms with Gasteiger partial charge in [-0.05, 0) is 6.07 Å². The lowest BCUT2D eigenvalue weighted by atomic mass is 10.2. The first-order valence-electron chi connectivity index (χ1n) is 3.92. The Balaban J connectivity index is 2.59. The highest BCUT2D eigenvalue weighted by Crippen LogP contribution is 2.27. The molecule has 1 aromatic carbocycles. The summed E-state index contributed by atoms with van der Waals surface area (Å²) in [5.74, 6) is 0.348. The Labute approximate surface area is 79.0 Å². The Morgan fingerprint density at radius 2 is 2.21 bits per heavy atom. The molecule has 0 aliphatic rings. The van der Waals surface area contributed by atoms with Crippen LogP contribution in [-0.2, 0) is 0 Å². The first kappa shape index (κ1) is 8.55. The van der Waals surface area contributed by atoms with E-state index < -0.39 is 4.92 Å². The van der Waals surface area contributed by atoms with Crippen molar-refractivity contribution in [2.24, 2.45) is 0 Å². The minimum atomic E-state index is -0.446. The zero-order valence-electron chi connectivity index (χ0n) is 7.39. The molecular formula is C9H7NO4. The maximum Gasteiger partial charge on any atom is 0.285 e. The first-order valence-corrected chi connectivity index (χ1v) is 3.92. The molecule has 14 heavy (non-hydrogen) atoms. The fourth-order valence-corrected chi connectivity index (χ4v) is 1.22. The minimum Gasteiger partial charge on any atom is -0.468 e. The van der Waals surface area contributed by atoms with Gasteiger partial charge < -0.3 is 9.15 Å². The predicted octanol–water partition coefficient (Wildman–Crippen LogP) is 2.35. The van der Waals surface area contributed by atoms with Gasteiger partial charge in [0, 0.05) is 23.6 Å². The topological polar surface area (TPSA) is 65.5 Å². The van der Waals surface area contributed by atoms with Gasteiger partial charge in [-0.2, -0.15) is 0 Å². The van der Waals surface area contributed by atoms with Crippen molar-refractivity contribution < 1.29 is 14.1 Å². The van der Waals surface area contributed by atoms with Crippen LogP contribution in [0.3, 0.4) is 0 Å². The van der Waals surface area contributed by atoms with E-state index in [2.05, 4.69) is 0 Å². The monoisotopic (exact) mass is 193 g/mol. The summed E-state index contributed by atoms with van der Waals surface area (Å²) >= 11 is 0. The van der Waals surface area contributed by atoms with Gasteiger partial charge >= 0.3 is 0 Å². The molecule has 2 aromatic rings. The second-order valence-electron chi connectivity index (χ2n) is 2.75. The van der Waals surface area contributed by atoms with E-state index in [0.29, 0.717) is 16.9 Å². The molecule has 0 bridgehead atoms. The molecular weight excluding hydrogens is 186 g/mol. The van der Waals surface area contributed by atoms with Gasteiger partial charge in [-0.1, -0.05) is 0 Å². The molecule has 0 N–H and O–H groups in total. The highest BCUT2D eigenvalue weighted by molar-refractivity contribution is 5.81. The molecule has 2 rings (SSSR count). The van der Waals surface area contributed by atoms with E-state index in [1.54, 1.807) is 12.1 Å². The van der Waals surface area contributed by atoms with Crippen LogP contribution in [0.25, 0.3) is 11.0 Å². The highest BCUT2D eigenvalue weighted by atomic mass is 16.6. The van der Waals surface area contributed by atoms with Crippen LogP contribution in [0.4, 0.5) is 5.69 Å². The van der Waals surface area contributed by atoms with E-state index in [9.17, 15) is 10.1 Å². The molecule has 72 valence electrons. The van der Waals surface area contributed by atoms with Crippen molar-refractivity contribution in [3.63, 3.8) is 0 Å². The summed E-state index contributed by atoms with van der Waals surface area (Å²) in [5.41, 5.74) is 0.619. The molecule has 5 nitrogen and oxygen atoms in total. The molecule has 1 aromatic heterocycles. The molecule has 0 saturated carbocycles. The third-order valence-corrected chi connectivity index (χ3v) is 1.89.